The summed E-state index contributed by atoms with van der Waals surface area (Å²) in [4.78, 5) is 26.5. The fourth-order valence-electron chi connectivity index (χ4n) is 3.40. The predicted octanol–water partition coefficient (Wildman–Crippen LogP) is 2.98. The van der Waals surface area contributed by atoms with E-state index in [-0.39, 0.29) is 23.7 Å². The van der Waals surface area contributed by atoms with Crippen LogP contribution in [0.15, 0.2) is 54.6 Å². The van der Waals surface area contributed by atoms with Crippen LogP contribution in [0, 0.1) is 5.92 Å². The van der Waals surface area contributed by atoms with Crippen LogP contribution in [-0.4, -0.2) is 11.7 Å². The third kappa shape index (κ3) is 1.40. The molecule has 2 aromatic carbocycles. The zero-order valence-electron chi connectivity index (χ0n) is 10.8. The summed E-state index contributed by atoms with van der Waals surface area (Å²) in [5.74, 6) is -0.0773. The number of para-hydroxylation sites is 1. The molecule has 1 aliphatic carbocycles. The number of hydrogen-bond donors (Lipinski definition) is 0. The second kappa shape index (κ2) is 4.04. The predicted molar refractivity (Wildman–Crippen MR) is 75.5 cm³/mol. The molecule has 0 unspecified atom stereocenters. The largest absolute Gasteiger partial charge is 0.304 e. The molecule has 0 radical (unpaired) electrons. The number of rotatable bonds is 1. The van der Waals surface area contributed by atoms with Crippen molar-refractivity contribution in [3.8, 4) is 0 Å². The van der Waals surface area contributed by atoms with E-state index >= 15 is 0 Å². The van der Waals surface area contributed by atoms with E-state index in [0.717, 1.165) is 16.8 Å². The summed E-state index contributed by atoms with van der Waals surface area (Å²) in [6, 6.07) is 17.1. The lowest BCUT2D eigenvalue weighted by Gasteiger charge is -2.24. The highest BCUT2D eigenvalue weighted by Gasteiger charge is 2.50. The molecule has 1 amide bonds. The number of anilines is 1. The summed E-state index contributed by atoms with van der Waals surface area (Å²) in [7, 11) is 0. The van der Waals surface area contributed by atoms with Crippen molar-refractivity contribution in [2.75, 3.05) is 4.90 Å². The topological polar surface area (TPSA) is 37.4 Å². The molecule has 1 aliphatic heterocycles. The molecule has 0 spiro atoms. The maximum Gasteiger partial charge on any atom is 0.228 e. The average Bonchev–Trinajstić information content (AvgIpc) is 2.96. The number of benzene rings is 2. The molecule has 0 N–H and O–H groups in total. The van der Waals surface area contributed by atoms with Gasteiger partial charge in [-0.25, -0.2) is 0 Å². The van der Waals surface area contributed by atoms with Gasteiger partial charge in [-0.15, -0.1) is 0 Å². The molecule has 2 aromatic rings. The Morgan fingerprint density at radius 1 is 0.900 bits per heavy atom. The Bertz CT molecular complexity index is 708. The fraction of sp³-hybridized carbons (Fsp3) is 0.176. The maximum absolute atomic E-state index is 12.4. The van der Waals surface area contributed by atoms with Crippen LogP contribution < -0.4 is 4.90 Å². The van der Waals surface area contributed by atoms with Crippen molar-refractivity contribution in [2.45, 2.75) is 12.5 Å². The molecule has 1 fully saturated rings. The van der Waals surface area contributed by atoms with Crippen molar-refractivity contribution in [1.29, 1.82) is 0 Å². The first-order valence-electron chi connectivity index (χ1n) is 6.77. The molecule has 2 atom stereocenters. The van der Waals surface area contributed by atoms with Crippen molar-refractivity contribution in [3.63, 3.8) is 0 Å². The number of ketones is 1. The molecule has 20 heavy (non-hydrogen) atoms. The van der Waals surface area contributed by atoms with Crippen molar-refractivity contribution in [3.05, 3.63) is 65.7 Å². The molecular formula is C17H13NO2. The minimum Gasteiger partial charge on any atom is -0.304 e. The minimum absolute atomic E-state index is 0.0362. The number of carbonyl (C=O) groups excluding carboxylic acids is 2. The lowest BCUT2D eigenvalue weighted by atomic mass is 10.0. The highest BCUT2D eigenvalue weighted by molar-refractivity contribution is 6.11. The average molecular weight is 263 g/mol. The Morgan fingerprint density at radius 3 is 2.40 bits per heavy atom. The number of fused-ring (bicyclic) bond motifs is 3. The Labute approximate surface area is 116 Å². The van der Waals surface area contributed by atoms with Gasteiger partial charge in [-0.3, -0.25) is 9.59 Å². The summed E-state index contributed by atoms with van der Waals surface area (Å²) in [5, 5.41) is 0. The van der Waals surface area contributed by atoms with E-state index in [9.17, 15) is 9.59 Å². The SMILES string of the molecule is O=C1c2ccccc2[C@@H]2[C@H]1CC(=O)N2c1ccccc1. The Hall–Kier alpha value is -2.42. The molecule has 4 rings (SSSR count). The van der Waals surface area contributed by atoms with Crippen molar-refractivity contribution < 1.29 is 9.59 Å². The molecule has 0 bridgehead atoms. The van der Waals surface area contributed by atoms with Gasteiger partial charge in [-0.1, -0.05) is 42.5 Å². The lowest BCUT2D eigenvalue weighted by molar-refractivity contribution is -0.117. The van der Waals surface area contributed by atoms with Crippen LogP contribution in [0.4, 0.5) is 5.69 Å². The molecule has 3 heteroatoms. The van der Waals surface area contributed by atoms with E-state index in [0.29, 0.717) is 6.42 Å². The van der Waals surface area contributed by atoms with Crippen LogP contribution in [0.2, 0.25) is 0 Å². The first-order valence-corrected chi connectivity index (χ1v) is 6.77. The number of Topliss-reactive ketones (excluding diaryl/α,β-unsaturated/α-hetero) is 1. The van der Waals surface area contributed by atoms with E-state index in [4.69, 9.17) is 0 Å². The maximum atomic E-state index is 12.4. The van der Waals surface area contributed by atoms with Crippen LogP contribution in [0.1, 0.15) is 28.4 Å². The van der Waals surface area contributed by atoms with Crippen LogP contribution in [0.3, 0.4) is 0 Å². The van der Waals surface area contributed by atoms with Gasteiger partial charge >= 0.3 is 0 Å². The van der Waals surface area contributed by atoms with Crippen LogP contribution in [-0.2, 0) is 4.79 Å². The molecule has 2 aliphatic rings. The summed E-state index contributed by atoms with van der Waals surface area (Å²) in [6.07, 6.45) is 0.313. The van der Waals surface area contributed by atoms with E-state index < -0.39 is 0 Å². The van der Waals surface area contributed by atoms with E-state index in [1.807, 2.05) is 54.6 Å². The van der Waals surface area contributed by atoms with Gasteiger partial charge in [0.05, 0.1) is 12.0 Å². The number of nitrogens with zero attached hydrogens (tertiary/aromatic N) is 1. The Kier molecular flexibility index (Phi) is 2.30. The normalized spacial score (nSPS) is 23.9. The van der Waals surface area contributed by atoms with Gasteiger partial charge in [0.2, 0.25) is 5.91 Å². The molecule has 3 nitrogen and oxygen atoms in total. The van der Waals surface area contributed by atoms with Gasteiger partial charge in [-0.05, 0) is 17.7 Å². The van der Waals surface area contributed by atoms with Gasteiger partial charge in [-0.2, -0.15) is 0 Å². The van der Waals surface area contributed by atoms with Gasteiger partial charge in [0.1, 0.15) is 0 Å². The standard InChI is InChI=1S/C17H13NO2/c19-15-10-14-16(18(15)11-6-2-1-3-7-11)12-8-4-5-9-13(12)17(14)20/h1-9,14,16H,10H2/t14-,16-/m1/s1. The molecule has 1 heterocycles. The summed E-state index contributed by atoms with van der Waals surface area (Å²) in [6.45, 7) is 0. The first-order chi connectivity index (χ1) is 9.77. The molecule has 0 aromatic heterocycles. The van der Waals surface area contributed by atoms with Gasteiger partial charge in [0, 0.05) is 17.7 Å². The summed E-state index contributed by atoms with van der Waals surface area (Å²) >= 11 is 0. The number of amides is 1. The van der Waals surface area contributed by atoms with Gasteiger partial charge < -0.3 is 4.90 Å². The van der Waals surface area contributed by atoms with Gasteiger partial charge in [0.15, 0.2) is 5.78 Å². The third-order valence-electron chi connectivity index (χ3n) is 4.24. The first kappa shape index (κ1) is 11.4. The van der Waals surface area contributed by atoms with Crippen molar-refractivity contribution in [2.24, 2.45) is 5.92 Å². The lowest BCUT2D eigenvalue weighted by Crippen LogP contribution is -2.27. The molecule has 1 saturated heterocycles. The van der Waals surface area contributed by atoms with E-state index in [2.05, 4.69) is 0 Å². The zero-order valence-corrected chi connectivity index (χ0v) is 10.8. The minimum atomic E-state index is -0.222. The van der Waals surface area contributed by atoms with E-state index in [1.165, 1.54) is 0 Å². The highest BCUT2D eigenvalue weighted by atomic mass is 16.2. The molecular weight excluding hydrogens is 250 g/mol. The summed E-state index contributed by atoms with van der Waals surface area (Å²) in [5.41, 5.74) is 2.63. The third-order valence-corrected chi connectivity index (χ3v) is 4.24. The fourth-order valence-corrected chi connectivity index (χ4v) is 3.40. The van der Waals surface area contributed by atoms with Crippen LogP contribution in [0.5, 0.6) is 0 Å². The van der Waals surface area contributed by atoms with Crippen molar-refractivity contribution in [1.82, 2.24) is 0 Å². The van der Waals surface area contributed by atoms with Crippen LogP contribution in [0.25, 0.3) is 0 Å². The van der Waals surface area contributed by atoms with E-state index in [1.54, 1.807) is 4.90 Å². The highest BCUT2D eigenvalue weighted by Crippen LogP contribution is 2.48. The van der Waals surface area contributed by atoms with Gasteiger partial charge in [0.25, 0.3) is 0 Å². The summed E-state index contributed by atoms with van der Waals surface area (Å²) < 4.78 is 0. The monoisotopic (exact) mass is 263 g/mol. The Balaban J connectivity index is 1.87. The zero-order chi connectivity index (χ0) is 13.7. The second-order valence-electron chi connectivity index (χ2n) is 5.31. The van der Waals surface area contributed by atoms with Crippen LogP contribution >= 0.6 is 0 Å². The number of carbonyl (C=O) groups is 2. The Morgan fingerprint density at radius 2 is 1.60 bits per heavy atom. The molecule has 0 saturated carbocycles. The number of hydrogen-bond acceptors (Lipinski definition) is 2. The molecule has 98 valence electrons. The second-order valence-corrected chi connectivity index (χ2v) is 5.31. The van der Waals surface area contributed by atoms with Crippen molar-refractivity contribution >= 4 is 17.4 Å². The quantitative estimate of drug-likeness (QED) is 0.793. The smallest absolute Gasteiger partial charge is 0.228 e.